The second-order valence-corrected chi connectivity index (χ2v) is 8.60. The zero-order valence-electron chi connectivity index (χ0n) is 20.5. The number of piperidine rings is 1. The Morgan fingerprint density at radius 3 is 2.54 bits per heavy atom. The van der Waals surface area contributed by atoms with E-state index in [0.29, 0.717) is 60.1 Å². The number of aromatic nitrogens is 2. The molecule has 2 aromatic carbocycles. The van der Waals surface area contributed by atoms with Gasteiger partial charge in [0.1, 0.15) is 24.0 Å². The molecule has 0 aliphatic carbocycles. The first-order chi connectivity index (χ1) is 17.9. The molecule has 1 atom stereocenters. The van der Waals surface area contributed by atoms with E-state index >= 15 is 0 Å². The molecular formula is C27H27N5O5. The van der Waals surface area contributed by atoms with Crippen LogP contribution >= 0.6 is 0 Å². The molecule has 1 unspecified atom stereocenters. The second-order valence-electron chi connectivity index (χ2n) is 8.60. The fourth-order valence-corrected chi connectivity index (χ4v) is 4.03. The molecule has 3 aromatic rings. The summed E-state index contributed by atoms with van der Waals surface area (Å²) in [4.78, 5) is 34.0. The van der Waals surface area contributed by atoms with E-state index in [9.17, 15) is 20.0 Å². The molecule has 10 heteroatoms. The summed E-state index contributed by atoms with van der Waals surface area (Å²) in [5.74, 6) is 0.144. The topological polar surface area (TPSA) is 138 Å². The molecule has 0 radical (unpaired) electrons. The number of esters is 1. The average Bonchev–Trinajstić information content (AvgIpc) is 2.93. The van der Waals surface area contributed by atoms with Crippen molar-refractivity contribution < 1.29 is 24.2 Å². The van der Waals surface area contributed by atoms with E-state index in [-0.39, 0.29) is 12.0 Å². The van der Waals surface area contributed by atoms with Gasteiger partial charge in [0.05, 0.1) is 23.9 Å². The lowest BCUT2D eigenvalue weighted by atomic mass is 10.1. The Morgan fingerprint density at radius 2 is 1.89 bits per heavy atom. The summed E-state index contributed by atoms with van der Waals surface area (Å²) in [6.07, 6.45) is 1.71. The van der Waals surface area contributed by atoms with E-state index in [1.54, 1.807) is 53.6 Å². The number of aliphatic hydroxyl groups excluding tert-OH is 1. The minimum absolute atomic E-state index is 0.128. The van der Waals surface area contributed by atoms with Gasteiger partial charge in [-0.15, -0.1) is 0 Å². The Kier molecular flexibility index (Phi) is 7.95. The molecule has 2 N–H and O–H groups in total. The molecule has 1 aliphatic rings. The number of ether oxygens (including phenoxy) is 2. The number of nitrogens with zero attached hydrogens (tertiary/aromatic N) is 4. The van der Waals surface area contributed by atoms with Crippen LogP contribution in [0.3, 0.4) is 0 Å². The van der Waals surface area contributed by atoms with Gasteiger partial charge in [0, 0.05) is 43.4 Å². The molecule has 0 spiro atoms. The third-order valence-corrected chi connectivity index (χ3v) is 6.02. The first kappa shape index (κ1) is 25.6. The molecule has 0 bridgehead atoms. The maximum Gasteiger partial charge on any atom is 0.337 e. The van der Waals surface area contributed by atoms with Gasteiger partial charge >= 0.3 is 5.97 Å². The standard InChI is InChI=1S/C27H27N5O5/c1-17(33)25(34)32-13-10-22(11-14-32)37-24-8-5-19(15-20(24)16-28)23-9-12-29-27(31-23)30-21-6-3-18(4-7-21)26(35)36-2/h3-9,12,15,17,22,33H,10-11,13-14H2,1-2H3,(H,29,30,31). The molecule has 0 saturated carbocycles. The van der Waals surface area contributed by atoms with Gasteiger partial charge in [0.25, 0.3) is 5.91 Å². The molecule has 1 saturated heterocycles. The zero-order chi connectivity index (χ0) is 26.4. The SMILES string of the molecule is COC(=O)c1ccc(Nc2nccc(-c3ccc(OC4CCN(C(=O)C(C)O)CC4)c(C#N)c3)n2)cc1. The average molecular weight is 502 g/mol. The molecule has 1 amide bonds. The van der Waals surface area contributed by atoms with Crippen molar-refractivity contribution in [1.82, 2.24) is 14.9 Å². The highest BCUT2D eigenvalue weighted by molar-refractivity contribution is 5.89. The van der Waals surface area contributed by atoms with Crippen molar-refractivity contribution in [2.45, 2.75) is 32.0 Å². The Hall–Kier alpha value is -4.49. The van der Waals surface area contributed by atoms with E-state index < -0.39 is 12.1 Å². The number of anilines is 2. The van der Waals surface area contributed by atoms with Crippen LogP contribution in [0.4, 0.5) is 11.6 Å². The maximum atomic E-state index is 12.0. The van der Waals surface area contributed by atoms with Crippen LogP contribution in [-0.4, -0.2) is 64.3 Å². The van der Waals surface area contributed by atoms with Gasteiger partial charge in [0.15, 0.2) is 0 Å². The first-order valence-electron chi connectivity index (χ1n) is 11.8. The molecule has 1 fully saturated rings. The fraction of sp³-hybridized carbons (Fsp3) is 0.296. The Labute approximate surface area is 214 Å². The summed E-state index contributed by atoms with van der Waals surface area (Å²) in [5, 5.41) is 22.3. The maximum absolute atomic E-state index is 12.0. The number of methoxy groups -OCH3 is 1. The monoisotopic (exact) mass is 501 g/mol. The third kappa shape index (κ3) is 6.20. The number of hydrogen-bond acceptors (Lipinski definition) is 9. The Morgan fingerprint density at radius 1 is 1.16 bits per heavy atom. The van der Waals surface area contributed by atoms with Gasteiger partial charge in [-0.2, -0.15) is 5.26 Å². The largest absolute Gasteiger partial charge is 0.489 e. The van der Waals surface area contributed by atoms with Crippen LogP contribution in [-0.2, 0) is 9.53 Å². The number of nitrogens with one attached hydrogen (secondary N) is 1. The van der Waals surface area contributed by atoms with E-state index in [1.807, 2.05) is 6.07 Å². The van der Waals surface area contributed by atoms with Crippen molar-refractivity contribution in [3.63, 3.8) is 0 Å². The number of benzene rings is 2. The molecular weight excluding hydrogens is 474 g/mol. The summed E-state index contributed by atoms with van der Waals surface area (Å²) in [6, 6.07) is 16.0. The van der Waals surface area contributed by atoms with Crippen molar-refractivity contribution in [1.29, 1.82) is 5.26 Å². The van der Waals surface area contributed by atoms with Crippen molar-refractivity contribution in [3.8, 4) is 23.1 Å². The summed E-state index contributed by atoms with van der Waals surface area (Å²) in [6.45, 7) is 2.46. The quantitative estimate of drug-likeness (QED) is 0.467. The number of rotatable bonds is 7. The van der Waals surface area contributed by atoms with Crippen LogP contribution < -0.4 is 10.1 Å². The van der Waals surface area contributed by atoms with Gasteiger partial charge < -0.3 is 24.8 Å². The molecule has 37 heavy (non-hydrogen) atoms. The lowest BCUT2D eigenvalue weighted by molar-refractivity contribution is -0.141. The molecule has 4 rings (SSSR count). The second kappa shape index (κ2) is 11.5. The van der Waals surface area contributed by atoms with Gasteiger partial charge in [-0.05, 0) is 55.5 Å². The minimum Gasteiger partial charge on any atom is -0.489 e. The van der Waals surface area contributed by atoms with E-state index in [2.05, 4.69) is 21.4 Å². The predicted octanol–water partition coefficient (Wildman–Crippen LogP) is 3.30. The summed E-state index contributed by atoms with van der Waals surface area (Å²) < 4.78 is 10.8. The number of amides is 1. The number of aliphatic hydroxyl groups is 1. The van der Waals surface area contributed by atoms with Gasteiger partial charge in [-0.25, -0.2) is 14.8 Å². The fourth-order valence-electron chi connectivity index (χ4n) is 4.03. The Balaban J connectivity index is 1.44. The predicted molar refractivity (Wildman–Crippen MR) is 135 cm³/mol. The molecule has 1 aliphatic heterocycles. The van der Waals surface area contributed by atoms with Gasteiger partial charge in [-0.1, -0.05) is 0 Å². The van der Waals surface area contributed by atoms with Crippen LogP contribution in [0.5, 0.6) is 5.75 Å². The van der Waals surface area contributed by atoms with Gasteiger partial charge in [-0.3, -0.25) is 4.79 Å². The summed E-state index contributed by atoms with van der Waals surface area (Å²) >= 11 is 0. The lowest BCUT2D eigenvalue weighted by Gasteiger charge is -2.33. The van der Waals surface area contributed by atoms with Crippen LogP contribution in [0, 0.1) is 11.3 Å². The van der Waals surface area contributed by atoms with E-state index in [4.69, 9.17) is 9.47 Å². The normalized spacial score (nSPS) is 14.4. The minimum atomic E-state index is -1.01. The summed E-state index contributed by atoms with van der Waals surface area (Å²) in [7, 11) is 1.33. The zero-order valence-corrected chi connectivity index (χ0v) is 20.5. The molecule has 190 valence electrons. The van der Waals surface area contributed by atoms with Crippen LogP contribution in [0.2, 0.25) is 0 Å². The molecule has 2 heterocycles. The number of carbonyl (C=O) groups is 2. The molecule has 10 nitrogen and oxygen atoms in total. The Bertz CT molecular complexity index is 1310. The third-order valence-electron chi connectivity index (χ3n) is 6.02. The van der Waals surface area contributed by atoms with Crippen molar-refractivity contribution in [2.24, 2.45) is 0 Å². The van der Waals surface area contributed by atoms with Gasteiger partial charge in [0.2, 0.25) is 5.95 Å². The van der Waals surface area contributed by atoms with Crippen molar-refractivity contribution in [2.75, 3.05) is 25.5 Å². The van der Waals surface area contributed by atoms with Crippen molar-refractivity contribution >= 4 is 23.5 Å². The number of likely N-dealkylation sites (tertiary alicyclic amines) is 1. The van der Waals surface area contributed by atoms with Crippen LogP contribution in [0.15, 0.2) is 54.7 Å². The highest BCUT2D eigenvalue weighted by Crippen LogP contribution is 2.28. The van der Waals surface area contributed by atoms with E-state index in [1.165, 1.54) is 14.0 Å². The number of nitriles is 1. The lowest BCUT2D eigenvalue weighted by Crippen LogP contribution is -2.45. The highest BCUT2D eigenvalue weighted by atomic mass is 16.5. The smallest absolute Gasteiger partial charge is 0.337 e. The highest BCUT2D eigenvalue weighted by Gasteiger charge is 2.26. The van der Waals surface area contributed by atoms with Crippen LogP contribution in [0.25, 0.3) is 11.3 Å². The number of hydrogen-bond donors (Lipinski definition) is 2. The molecule has 1 aromatic heterocycles. The van der Waals surface area contributed by atoms with Crippen LogP contribution in [0.1, 0.15) is 35.7 Å². The number of carbonyl (C=O) groups excluding carboxylic acids is 2. The van der Waals surface area contributed by atoms with E-state index in [0.717, 1.165) is 5.56 Å². The van der Waals surface area contributed by atoms with Crippen molar-refractivity contribution in [3.05, 3.63) is 65.9 Å². The first-order valence-corrected chi connectivity index (χ1v) is 11.8. The summed E-state index contributed by atoms with van der Waals surface area (Å²) in [5.41, 5.74) is 2.87.